The van der Waals surface area contributed by atoms with E-state index >= 15 is 0 Å². The topological polar surface area (TPSA) is 183 Å². The first-order chi connectivity index (χ1) is 20.0. The van der Waals surface area contributed by atoms with Crippen LogP contribution in [0.5, 0.6) is 0 Å². The molecule has 47 heavy (non-hydrogen) atoms. The van der Waals surface area contributed by atoms with Gasteiger partial charge in [-0.05, 0) is 79.6 Å². The smallest absolute Gasteiger partial charge is 0.264 e. The first-order valence-corrected chi connectivity index (χ1v) is 24.3. The molecule has 0 heterocycles. The first kappa shape index (κ1) is 53.6. The molecule has 18 heteroatoms. The highest BCUT2D eigenvalue weighted by Gasteiger charge is 2.30. The maximum atomic E-state index is 11.7. The number of nitrogens with zero attached hydrogens (tertiary/aromatic N) is 1. The van der Waals surface area contributed by atoms with Gasteiger partial charge in [-0.2, -0.15) is 8.42 Å². The van der Waals surface area contributed by atoms with E-state index in [2.05, 4.69) is 38.5 Å². The van der Waals surface area contributed by atoms with E-state index in [9.17, 15) is 42.1 Å². The minimum Gasteiger partial charge on any atom is -0.269 e. The second-order valence-electron chi connectivity index (χ2n) is 15.5. The van der Waals surface area contributed by atoms with Gasteiger partial charge in [-0.1, -0.05) is 34.3 Å². The molecule has 0 bridgehead atoms. The van der Waals surface area contributed by atoms with Crippen LogP contribution in [0.25, 0.3) is 0 Å². The second-order valence-corrected chi connectivity index (χ2v) is 29.2. The minimum atomic E-state index is -3.56. The van der Waals surface area contributed by atoms with Crippen molar-refractivity contribution in [1.29, 1.82) is 0 Å². The molecule has 0 aliphatic heterocycles. The summed E-state index contributed by atoms with van der Waals surface area (Å²) in [5.41, 5.74) is 0.500. The van der Waals surface area contributed by atoms with Crippen molar-refractivity contribution in [3.63, 3.8) is 0 Å². The Morgan fingerprint density at radius 2 is 0.915 bits per heavy atom. The summed E-state index contributed by atoms with van der Waals surface area (Å²) < 4.78 is 116. The van der Waals surface area contributed by atoms with Gasteiger partial charge in [0.1, 0.15) is 0 Å². The minimum absolute atomic E-state index is 0.00155. The summed E-state index contributed by atoms with van der Waals surface area (Å²) in [4.78, 5) is 0.962. The lowest BCUT2D eigenvalue weighted by Gasteiger charge is -2.21. The predicted octanol–water partition coefficient (Wildman–Crippen LogP) is 4.79. The Bertz CT molecular complexity index is 1480. The lowest BCUT2D eigenvalue weighted by molar-refractivity contribution is 0.342. The number of sulfone groups is 3. The molecular formula is C29H65NO11S6. The van der Waals surface area contributed by atoms with E-state index in [1.165, 1.54) is 18.8 Å². The number of sulfonamides is 1. The van der Waals surface area contributed by atoms with Crippen LogP contribution in [0.2, 0.25) is 0 Å². The quantitative estimate of drug-likeness (QED) is 0.247. The molecule has 0 rings (SSSR count). The molecule has 0 unspecified atom stereocenters. The fraction of sp³-hybridized carbons (Fsp3) is 0.931. The van der Waals surface area contributed by atoms with Gasteiger partial charge in [-0.15, -0.1) is 11.8 Å². The Balaban J connectivity index is -0.000000275. The maximum Gasteiger partial charge on any atom is 0.264 e. The summed E-state index contributed by atoms with van der Waals surface area (Å²) >= 11 is 1.50. The summed E-state index contributed by atoms with van der Waals surface area (Å²) in [5, 5.41) is 0. The van der Waals surface area contributed by atoms with Crippen LogP contribution in [0.15, 0.2) is 11.5 Å². The molecule has 0 amide bonds. The van der Waals surface area contributed by atoms with Crippen LogP contribution in [0.4, 0.5) is 0 Å². The van der Waals surface area contributed by atoms with Gasteiger partial charge in [0.15, 0.2) is 29.5 Å². The van der Waals surface area contributed by atoms with Crippen molar-refractivity contribution < 1.29 is 46.3 Å². The van der Waals surface area contributed by atoms with Crippen LogP contribution in [0.3, 0.4) is 0 Å². The van der Waals surface area contributed by atoms with Crippen LogP contribution in [0.1, 0.15) is 96.9 Å². The lowest BCUT2D eigenvalue weighted by atomic mass is 10.0. The van der Waals surface area contributed by atoms with Gasteiger partial charge in [0.2, 0.25) is 10.0 Å². The Kier molecular flexibility index (Phi) is 22.8. The van der Waals surface area contributed by atoms with Gasteiger partial charge in [0.25, 0.3) is 10.1 Å². The highest BCUT2D eigenvalue weighted by molar-refractivity contribution is 8.04. The number of hydrogen-bond donors (Lipinski definition) is 0. The number of allylic oxidation sites excluding steroid dienone is 1. The van der Waals surface area contributed by atoms with Crippen LogP contribution in [-0.4, -0.2) is 116 Å². The molecule has 0 saturated carbocycles. The highest BCUT2D eigenvalue weighted by Crippen LogP contribution is 2.20. The van der Waals surface area contributed by atoms with Gasteiger partial charge in [0, 0.05) is 19.3 Å². The van der Waals surface area contributed by atoms with Gasteiger partial charge in [-0.25, -0.2) is 38.0 Å². The van der Waals surface area contributed by atoms with Gasteiger partial charge >= 0.3 is 0 Å². The number of rotatable bonds is 12. The summed E-state index contributed by atoms with van der Waals surface area (Å²) in [7, 11) is -15.0. The van der Waals surface area contributed by atoms with E-state index in [4.69, 9.17) is 0 Å². The monoisotopic (exact) mass is 795 g/mol. The molecule has 0 fully saturated rings. The van der Waals surface area contributed by atoms with Crippen molar-refractivity contribution >= 4 is 61.4 Å². The largest absolute Gasteiger partial charge is 0.269 e. The van der Waals surface area contributed by atoms with Crippen molar-refractivity contribution in [2.24, 2.45) is 5.41 Å². The summed E-state index contributed by atoms with van der Waals surface area (Å²) in [6.07, 6.45) is 1.94. The molecule has 0 aliphatic carbocycles. The molecule has 12 nitrogen and oxygen atoms in total. The van der Waals surface area contributed by atoms with E-state index in [0.29, 0.717) is 11.2 Å². The molecule has 0 aliphatic rings. The van der Waals surface area contributed by atoms with Crippen molar-refractivity contribution in [2.75, 3.05) is 55.7 Å². The Hall–Kier alpha value is -0.240. The van der Waals surface area contributed by atoms with E-state index in [1.54, 1.807) is 62.3 Å². The lowest BCUT2D eigenvalue weighted by Crippen LogP contribution is -2.37. The van der Waals surface area contributed by atoms with Crippen LogP contribution in [-0.2, 0) is 53.8 Å². The van der Waals surface area contributed by atoms with E-state index in [1.807, 2.05) is 6.92 Å². The fourth-order valence-corrected chi connectivity index (χ4v) is 7.20. The molecule has 0 aromatic rings. The zero-order valence-corrected chi connectivity index (χ0v) is 36.7. The van der Waals surface area contributed by atoms with Crippen molar-refractivity contribution in [1.82, 2.24) is 4.31 Å². The van der Waals surface area contributed by atoms with Gasteiger partial charge in [-0.3, -0.25) is 4.18 Å². The molecule has 0 aromatic carbocycles. The van der Waals surface area contributed by atoms with Crippen molar-refractivity contribution in [2.45, 2.75) is 111 Å². The van der Waals surface area contributed by atoms with Crippen LogP contribution >= 0.6 is 11.8 Å². The number of hydrogen-bond acceptors (Lipinski definition) is 12. The zero-order valence-electron chi connectivity index (χ0n) is 31.8. The highest BCUT2D eigenvalue weighted by atomic mass is 32.2. The Morgan fingerprint density at radius 1 is 0.617 bits per heavy atom. The van der Waals surface area contributed by atoms with Gasteiger partial charge in [0.05, 0.1) is 50.6 Å². The fourth-order valence-electron chi connectivity index (χ4n) is 1.95. The summed E-state index contributed by atoms with van der Waals surface area (Å²) in [6, 6.07) is 0. The predicted molar refractivity (Wildman–Crippen MR) is 201 cm³/mol. The molecule has 0 saturated heterocycles. The average molecular weight is 796 g/mol. The zero-order chi connectivity index (χ0) is 39.3. The average Bonchev–Trinajstić information content (AvgIpc) is 2.72. The summed E-state index contributed by atoms with van der Waals surface area (Å²) in [5.74, 6) is 0.395. The Morgan fingerprint density at radius 3 is 1.17 bits per heavy atom. The van der Waals surface area contributed by atoms with Crippen molar-refractivity contribution in [3.8, 4) is 0 Å². The third-order valence-corrected chi connectivity index (χ3v) is 16.2. The first-order valence-electron chi connectivity index (χ1n) is 14.7. The third kappa shape index (κ3) is 30.3. The molecule has 0 radical (unpaired) electrons. The Labute approximate surface area is 294 Å². The normalized spacial score (nSPS) is 13.7. The number of thioether (sulfide) groups is 1. The second kappa shape index (κ2) is 20.0. The van der Waals surface area contributed by atoms with Crippen LogP contribution < -0.4 is 0 Å². The molecular weight excluding hydrogens is 731 g/mol. The molecule has 0 atom stereocenters. The van der Waals surface area contributed by atoms with Crippen LogP contribution in [0, 0.1) is 5.41 Å². The van der Waals surface area contributed by atoms with E-state index < -0.39 is 63.9 Å². The molecule has 0 aromatic heterocycles. The SMILES string of the molecule is C=C(C)SCCS(=O)(=O)C(C)(C)C.CC(C)(C)C.CC(C)(C)S(=O)(=O)CCOS(C)(=O)=O.CN(CCS(=O)(=O)C(C)(C)C)S(C)(=O)=O. The molecule has 0 N–H and O–H groups in total. The van der Waals surface area contributed by atoms with E-state index in [-0.39, 0.29) is 30.4 Å². The maximum absolute atomic E-state index is 11.7. The van der Waals surface area contributed by atoms with Gasteiger partial charge < -0.3 is 0 Å². The third-order valence-electron chi connectivity index (χ3n) is 5.39. The molecule has 0 spiro atoms. The summed E-state index contributed by atoms with van der Waals surface area (Å²) in [6.45, 7) is 28.7. The van der Waals surface area contributed by atoms with E-state index in [0.717, 1.165) is 21.7 Å². The molecule has 288 valence electrons. The van der Waals surface area contributed by atoms with Crippen molar-refractivity contribution in [3.05, 3.63) is 11.5 Å². The standard InChI is InChI=1S/C9H18O2S2.C8H19NO4S2.C7H16O5S2.C5H12/c1-8(2)12-6-7-13(10,11)9(3,4)5;1-8(2,3)15(12,13)7-6-9(4)14(5,10)11;1-7(2,3)14(10,11)6-5-12-13(4,8)9;1-5(2,3)4/h1,6-7H2,2-5H3;6-7H2,1-5H3;5-6H2,1-4H3;1-4H3.